The Morgan fingerprint density at radius 3 is 2.50 bits per heavy atom. The molecule has 0 bridgehead atoms. The van der Waals surface area contributed by atoms with Crippen LogP contribution in [0.15, 0.2) is 4.99 Å². The summed E-state index contributed by atoms with van der Waals surface area (Å²) < 4.78 is 0. The fourth-order valence-corrected chi connectivity index (χ4v) is 2.07. The minimum absolute atomic E-state index is 0.195. The summed E-state index contributed by atoms with van der Waals surface area (Å²) in [6, 6.07) is 0.380. The number of rotatable bonds is 5. The zero-order valence-corrected chi connectivity index (χ0v) is 10.4. The predicted octanol–water partition coefficient (Wildman–Crippen LogP) is 0.924. The van der Waals surface area contributed by atoms with Crippen molar-refractivity contribution in [1.82, 2.24) is 10.2 Å². The molecule has 1 aliphatic carbocycles. The minimum atomic E-state index is 0.195. The van der Waals surface area contributed by atoms with Gasteiger partial charge in [0.25, 0.3) is 0 Å². The van der Waals surface area contributed by atoms with Gasteiger partial charge in [0.2, 0.25) is 5.91 Å². The van der Waals surface area contributed by atoms with Crippen molar-refractivity contribution in [2.45, 2.75) is 31.7 Å². The van der Waals surface area contributed by atoms with Crippen molar-refractivity contribution in [2.75, 3.05) is 27.2 Å². The van der Waals surface area contributed by atoms with E-state index in [1.165, 1.54) is 0 Å². The molecule has 0 radical (unpaired) electrons. The van der Waals surface area contributed by atoms with E-state index < -0.39 is 0 Å². The van der Waals surface area contributed by atoms with Crippen molar-refractivity contribution in [3.8, 4) is 0 Å². The third kappa shape index (κ3) is 4.31. The van der Waals surface area contributed by atoms with Crippen molar-refractivity contribution in [3.05, 3.63) is 0 Å². The Bertz CT molecular complexity index is 232. The molecule has 0 aromatic heterocycles. The van der Waals surface area contributed by atoms with Gasteiger partial charge in [0.15, 0.2) is 0 Å². The molecule has 4 heteroatoms. The monoisotopic (exact) mass is 225 g/mol. The van der Waals surface area contributed by atoms with Gasteiger partial charge in [-0.1, -0.05) is 0 Å². The number of hydrogen-bond acceptors (Lipinski definition) is 3. The summed E-state index contributed by atoms with van der Waals surface area (Å²) >= 11 is 0. The maximum absolute atomic E-state index is 11.8. The van der Waals surface area contributed by atoms with Gasteiger partial charge in [-0.05, 0) is 46.5 Å². The number of nitrogens with one attached hydrogen (secondary N) is 1. The lowest BCUT2D eigenvalue weighted by Gasteiger charge is -2.25. The van der Waals surface area contributed by atoms with Gasteiger partial charge in [-0.3, -0.25) is 9.79 Å². The highest BCUT2D eigenvalue weighted by molar-refractivity contribution is 5.78. The summed E-state index contributed by atoms with van der Waals surface area (Å²) in [5.41, 5.74) is 0. The number of hydrogen-bond donors (Lipinski definition) is 1. The minimum Gasteiger partial charge on any atom is -0.355 e. The maximum atomic E-state index is 11.8. The van der Waals surface area contributed by atoms with Crippen molar-refractivity contribution in [3.63, 3.8) is 0 Å². The molecule has 0 saturated heterocycles. The molecule has 0 aromatic carbocycles. The van der Waals surface area contributed by atoms with Crippen molar-refractivity contribution in [1.29, 1.82) is 0 Å². The molecule has 0 spiro atoms. The Labute approximate surface area is 98.1 Å². The second-order valence-electron chi connectivity index (χ2n) is 4.78. The zero-order valence-electron chi connectivity index (χ0n) is 10.4. The molecular weight excluding hydrogens is 202 g/mol. The van der Waals surface area contributed by atoms with E-state index in [1.54, 1.807) is 0 Å². The lowest BCUT2D eigenvalue weighted by Crippen LogP contribution is -2.37. The number of likely N-dealkylation sites (N-methyl/N-ethyl adjacent to an activating group) is 1. The Morgan fingerprint density at radius 1 is 1.38 bits per heavy atom. The summed E-state index contributed by atoms with van der Waals surface area (Å²) in [5.74, 6) is 0.407. The van der Waals surface area contributed by atoms with Crippen LogP contribution in [-0.4, -0.2) is 50.8 Å². The number of nitrogens with zero attached hydrogens (tertiary/aromatic N) is 2. The van der Waals surface area contributed by atoms with Crippen LogP contribution in [0.1, 0.15) is 25.7 Å². The van der Waals surface area contributed by atoms with Gasteiger partial charge >= 0.3 is 0 Å². The van der Waals surface area contributed by atoms with Crippen LogP contribution < -0.4 is 5.32 Å². The smallest absolute Gasteiger partial charge is 0.223 e. The zero-order chi connectivity index (χ0) is 12.0. The first kappa shape index (κ1) is 13.2. The van der Waals surface area contributed by atoms with Gasteiger partial charge in [-0.25, -0.2) is 0 Å². The standard InChI is InChI=1S/C12H23N3O/c1-13-11-6-4-10(5-7-11)12(16)14-8-9-15(2)3/h10-11H,1,4-9H2,2-3H3,(H,14,16). The van der Waals surface area contributed by atoms with E-state index in [4.69, 9.17) is 0 Å². The van der Waals surface area contributed by atoms with Crippen molar-refractivity contribution < 1.29 is 4.79 Å². The maximum Gasteiger partial charge on any atom is 0.223 e. The van der Waals surface area contributed by atoms with Gasteiger partial charge in [0, 0.05) is 25.0 Å². The Morgan fingerprint density at radius 2 is 2.00 bits per heavy atom. The van der Waals surface area contributed by atoms with Gasteiger partial charge < -0.3 is 10.2 Å². The van der Waals surface area contributed by atoms with Crippen molar-refractivity contribution >= 4 is 12.6 Å². The summed E-state index contributed by atoms with van der Waals surface area (Å²) in [5, 5.41) is 2.99. The SMILES string of the molecule is C=NC1CCC(C(=O)NCCN(C)C)CC1. The van der Waals surface area contributed by atoms with E-state index in [1.807, 2.05) is 14.1 Å². The summed E-state index contributed by atoms with van der Waals surface area (Å²) in [7, 11) is 4.01. The first-order valence-electron chi connectivity index (χ1n) is 6.01. The number of amides is 1. The van der Waals surface area contributed by atoms with Gasteiger partial charge in [0.1, 0.15) is 0 Å². The molecular formula is C12H23N3O. The van der Waals surface area contributed by atoms with Crippen LogP contribution in [0.3, 0.4) is 0 Å². The molecule has 0 aliphatic heterocycles. The molecule has 1 fully saturated rings. The van der Waals surface area contributed by atoms with E-state index in [2.05, 4.69) is 21.9 Å². The number of aliphatic imine (C=N–C) groups is 1. The molecule has 16 heavy (non-hydrogen) atoms. The fourth-order valence-electron chi connectivity index (χ4n) is 2.07. The van der Waals surface area contributed by atoms with Crippen LogP contribution in [0.5, 0.6) is 0 Å². The third-order valence-corrected chi connectivity index (χ3v) is 3.18. The second kappa shape index (κ2) is 6.63. The van der Waals surface area contributed by atoms with Crippen LogP contribution in [-0.2, 0) is 4.79 Å². The highest BCUT2D eigenvalue weighted by atomic mass is 16.1. The van der Waals surface area contributed by atoms with Crippen LogP contribution in [0, 0.1) is 5.92 Å². The molecule has 1 rings (SSSR count). The van der Waals surface area contributed by atoms with Crippen LogP contribution in [0.4, 0.5) is 0 Å². The molecule has 0 heterocycles. The molecule has 92 valence electrons. The van der Waals surface area contributed by atoms with Crippen LogP contribution >= 0.6 is 0 Å². The second-order valence-corrected chi connectivity index (χ2v) is 4.78. The number of carbonyl (C=O) groups excluding carboxylic acids is 1. The molecule has 1 N–H and O–H groups in total. The van der Waals surface area contributed by atoms with Crippen LogP contribution in [0.25, 0.3) is 0 Å². The largest absolute Gasteiger partial charge is 0.355 e. The Hall–Kier alpha value is -0.900. The first-order valence-corrected chi connectivity index (χ1v) is 6.01. The van der Waals surface area contributed by atoms with E-state index in [0.29, 0.717) is 6.04 Å². The molecule has 4 nitrogen and oxygen atoms in total. The molecule has 0 unspecified atom stereocenters. The van der Waals surface area contributed by atoms with Crippen molar-refractivity contribution in [2.24, 2.45) is 10.9 Å². The third-order valence-electron chi connectivity index (χ3n) is 3.18. The van der Waals surface area contributed by atoms with Gasteiger partial charge in [-0.2, -0.15) is 0 Å². The summed E-state index contributed by atoms with van der Waals surface area (Å²) in [6.07, 6.45) is 3.93. The van der Waals surface area contributed by atoms with Gasteiger partial charge in [-0.15, -0.1) is 0 Å². The average Bonchev–Trinajstić information content (AvgIpc) is 2.28. The quantitative estimate of drug-likeness (QED) is 0.707. The molecule has 1 amide bonds. The summed E-state index contributed by atoms with van der Waals surface area (Å²) in [6.45, 7) is 5.21. The van der Waals surface area contributed by atoms with E-state index in [9.17, 15) is 4.79 Å². The molecule has 1 saturated carbocycles. The lowest BCUT2D eigenvalue weighted by atomic mass is 9.86. The highest BCUT2D eigenvalue weighted by Crippen LogP contribution is 2.25. The fraction of sp³-hybridized carbons (Fsp3) is 0.833. The average molecular weight is 225 g/mol. The number of carbonyl (C=O) groups is 1. The Kier molecular flexibility index (Phi) is 5.46. The van der Waals surface area contributed by atoms with Gasteiger partial charge in [0.05, 0.1) is 0 Å². The first-order chi connectivity index (χ1) is 7.63. The van der Waals surface area contributed by atoms with E-state index in [-0.39, 0.29) is 11.8 Å². The Balaban J connectivity index is 2.20. The highest BCUT2D eigenvalue weighted by Gasteiger charge is 2.25. The molecule has 0 atom stereocenters. The molecule has 0 aromatic rings. The topological polar surface area (TPSA) is 44.7 Å². The normalized spacial score (nSPS) is 25.4. The molecule has 1 aliphatic rings. The van der Waals surface area contributed by atoms with Crippen LogP contribution in [0.2, 0.25) is 0 Å². The predicted molar refractivity (Wildman–Crippen MR) is 66.9 cm³/mol. The van der Waals surface area contributed by atoms with E-state index in [0.717, 1.165) is 38.8 Å². The summed E-state index contributed by atoms with van der Waals surface area (Å²) in [4.78, 5) is 17.9. The van der Waals surface area contributed by atoms with E-state index >= 15 is 0 Å². The lowest BCUT2D eigenvalue weighted by molar-refractivity contribution is -0.126.